The molecule has 1 heterocycles. The molecule has 0 aromatic heterocycles. The Balaban J connectivity index is 2.20. The van der Waals surface area contributed by atoms with Crippen molar-refractivity contribution in [3.8, 4) is 0 Å². The molecular formula is C16H24BrN. The van der Waals surface area contributed by atoms with E-state index in [1.54, 1.807) is 0 Å². The van der Waals surface area contributed by atoms with E-state index in [4.69, 9.17) is 0 Å². The van der Waals surface area contributed by atoms with Gasteiger partial charge < -0.3 is 4.90 Å². The second-order valence-corrected chi connectivity index (χ2v) is 6.06. The van der Waals surface area contributed by atoms with Crippen LogP contribution in [0.3, 0.4) is 0 Å². The molecule has 0 radical (unpaired) electrons. The summed E-state index contributed by atoms with van der Waals surface area (Å²) in [6.45, 7) is 7.04. The second-order valence-electron chi connectivity index (χ2n) is 5.49. The number of hydrogen-bond acceptors (Lipinski definition) is 1. The number of rotatable bonds is 5. The lowest BCUT2D eigenvalue weighted by molar-refractivity contribution is 0.309. The minimum Gasteiger partial charge on any atom is -0.371 e. The van der Waals surface area contributed by atoms with Crippen LogP contribution in [-0.2, 0) is 6.42 Å². The average molecular weight is 310 g/mol. The Hall–Kier alpha value is -0.500. The van der Waals surface area contributed by atoms with Gasteiger partial charge in [0.1, 0.15) is 0 Å². The zero-order valence-corrected chi connectivity index (χ0v) is 13.2. The minimum absolute atomic E-state index is 0.421. The number of anilines is 1. The second kappa shape index (κ2) is 6.10. The molecule has 1 aromatic carbocycles. The van der Waals surface area contributed by atoms with Crippen LogP contribution in [0.15, 0.2) is 24.3 Å². The molecule has 0 saturated heterocycles. The highest BCUT2D eigenvalue weighted by atomic mass is 79.9. The summed E-state index contributed by atoms with van der Waals surface area (Å²) in [5.41, 5.74) is 3.42. The van der Waals surface area contributed by atoms with Crippen molar-refractivity contribution >= 4 is 21.6 Å². The Morgan fingerprint density at radius 2 is 1.94 bits per heavy atom. The lowest BCUT2D eigenvalue weighted by atomic mass is 9.83. The predicted molar refractivity (Wildman–Crippen MR) is 83.8 cm³/mol. The van der Waals surface area contributed by atoms with E-state index >= 15 is 0 Å². The van der Waals surface area contributed by atoms with E-state index in [-0.39, 0.29) is 0 Å². The molecule has 0 bridgehead atoms. The van der Waals surface area contributed by atoms with Gasteiger partial charge in [0, 0.05) is 24.1 Å². The fourth-order valence-corrected chi connectivity index (χ4v) is 3.86. The monoisotopic (exact) mass is 309 g/mol. The lowest BCUT2D eigenvalue weighted by Gasteiger charge is -2.40. The molecule has 0 fully saturated rings. The topological polar surface area (TPSA) is 3.24 Å². The van der Waals surface area contributed by atoms with E-state index in [0.29, 0.717) is 5.41 Å². The maximum atomic E-state index is 3.73. The summed E-state index contributed by atoms with van der Waals surface area (Å²) >= 11 is 3.73. The van der Waals surface area contributed by atoms with Crippen molar-refractivity contribution in [2.45, 2.75) is 39.5 Å². The number of nitrogens with zero attached hydrogens (tertiary/aromatic N) is 1. The molecule has 0 spiro atoms. The fraction of sp³-hybridized carbons (Fsp3) is 0.625. The smallest absolute Gasteiger partial charge is 0.0398 e. The maximum absolute atomic E-state index is 3.73. The van der Waals surface area contributed by atoms with Crippen LogP contribution in [0.25, 0.3) is 0 Å². The highest BCUT2D eigenvalue weighted by Gasteiger charge is 2.29. The van der Waals surface area contributed by atoms with Gasteiger partial charge in [-0.25, -0.2) is 0 Å². The van der Waals surface area contributed by atoms with E-state index in [1.807, 2.05) is 0 Å². The molecule has 0 unspecified atom stereocenters. The molecule has 1 nitrogen and oxygen atoms in total. The molecular weight excluding hydrogens is 286 g/mol. The van der Waals surface area contributed by atoms with Crippen molar-refractivity contribution in [2.75, 3.05) is 23.3 Å². The van der Waals surface area contributed by atoms with Crippen LogP contribution >= 0.6 is 15.9 Å². The molecule has 2 rings (SSSR count). The number of halogens is 1. The van der Waals surface area contributed by atoms with Crippen molar-refractivity contribution in [3.63, 3.8) is 0 Å². The van der Waals surface area contributed by atoms with Gasteiger partial charge in [0.15, 0.2) is 0 Å². The SMILES string of the molecule is CCC(CC)(CBr)CN1CCCc2ccccc21. The van der Waals surface area contributed by atoms with Crippen LogP contribution in [0.5, 0.6) is 0 Å². The van der Waals surface area contributed by atoms with E-state index in [2.05, 4.69) is 58.9 Å². The zero-order valence-electron chi connectivity index (χ0n) is 11.6. The Labute approximate surface area is 120 Å². The Bertz CT molecular complexity index is 376. The molecule has 0 saturated carbocycles. The molecule has 18 heavy (non-hydrogen) atoms. The Morgan fingerprint density at radius 1 is 1.22 bits per heavy atom. The first-order valence-corrected chi connectivity index (χ1v) is 8.25. The number of para-hydroxylation sites is 1. The summed E-state index contributed by atoms with van der Waals surface area (Å²) in [5.74, 6) is 0. The van der Waals surface area contributed by atoms with Gasteiger partial charge in [-0.3, -0.25) is 0 Å². The van der Waals surface area contributed by atoms with Gasteiger partial charge in [0.2, 0.25) is 0 Å². The van der Waals surface area contributed by atoms with Gasteiger partial charge in [-0.1, -0.05) is 48.0 Å². The van der Waals surface area contributed by atoms with E-state index in [1.165, 1.54) is 50.0 Å². The highest BCUT2D eigenvalue weighted by molar-refractivity contribution is 9.09. The third-order valence-corrected chi connectivity index (χ3v) is 5.71. The lowest BCUT2D eigenvalue weighted by Crippen LogP contribution is -2.41. The minimum atomic E-state index is 0.421. The van der Waals surface area contributed by atoms with Crippen LogP contribution in [0.4, 0.5) is 5.69 Å². The van der Waals surface area contributed by atoms with Gasteiger partial charge in [-0.05, 0) is 42.7 Å². The van der Waals surface area contributed by atoms with Crippen molar-refractivity contribution in [1.82, 2.24) is 0 Å². The first kappa shape index (κ1) is 13.9. The zero-order chi connectivity index (χ0) is 13.0. The van der Waals surface area contributed by atoms with Gasteiger partial charge >= 0.3 is 0 Å². The summed E-state index contributed by atoms with van der Waals surface area (Å²) in [7, 11) is 0. The molecule has 0 amide bonds. The largest absolute Gasteiger partial charge is 0.371 e. The summed E-state index contributed by atoms with van der Waals surface area (Å²) in [5, 5.41) is 1.10. The highest BCUT2D eigenvalue weighted by Crippen LogP contribution is 2.34. The van der Waals surface area contributed by atoms with E-state index < -0.39 is 0 Å². The molecule has 1 aliphatic rings. The van der Waals surface area contributed by atoms with Crippen molar-refractivity contribution < 1.29 is 0 Å². The van der Waals surface area contributed by atoms with E-state index in [0.717, 1.165) is 5.33 Å². The average Bonchev–Trinajstić information content (AvgIpc) is 2.45. The Morgan fingerprint density at radius 3 is 2.61 bits per heavy atom. The van der Waals surface area contributed by atoms with Crippen LogP contribution in [-0.4, -0.2) is 18.4 Å². The first-order valence-electron chi connectivity index (χ1n) is 7.13. The van der Waals surface area contributed by atoms with Crippen molar-refractivity contribution in [1.29, 1.82) is 0 Å². The van der Waals surface area contributed by atoms with Gasteiger partial charge in [-0.2, -0.15) is 0 Å². The number of aryl methyl sites for hydroxylation is 1. The third-order valence-electron chi connectivity index (χ3n) is 4.52. The van der Waals surface area contributed by atoms with Crippen LogP contribution in [0.2, 0.25) is 0 Å². The summed E-state index contributed by atoms with van der Waals surface area (Å²) in [4.78, 5) is 2.60. The van der Waals surface area contributed by atoms with Crippen molar-refractivity contribution in [2.24, 2.45) is 5.41 Å². The normalized spacial score (nSPS) is 15.6. The van der Waals surface area contributed by atoms with Gasteiger partial charge in [0.05, 0.1) is 0 Å². The fourth-order valence-electron chi connectivity index (χ4n) is 2.89. The van der Waals surface area contributed by atoms with Gasteiger partial charge in [0.25, 0.3) is 0 Å². The number of benzene rings is 1. The van der Waals surface area contributed by atoms with Crippen LogP contribution in [0.1, 0.15) is 38.7 Å². The molecule has 0 aliphatic carbocycles. The van der Waals surface area contributed by atoms with Crippen molar-refractivity contribution in [3.05, 3.63) is 29.8 Å². The standard InChI is InChI=1S/C16H24BrN/c1-3-16(4-2,12-17)13-18-11-7-9-14-8-5-6-10-15(14)18/h5-6,8,10H,3-4,7,9,11-13H2,1-2H3. The Kier molecular flexibility index (Phi) is 4.71. The molecule has 100 valence electrons. The number of hydrogen-bond donors (Lipinski definition) is 0. The maximum Gasteiger partial charge on any atom is 0.0398 e. The van der Waals surface area contributed by atoms with Gasteiger partial charge in [-0.15, -0.1) is 0 Å². The summed E-state index contributed by atoms with van der Waals surface area (Å²) in [6.07, 6.45) is 5.02. The first-order chi connectivity index (χ1) is 8.74. The third kappa shape index (κ3) is 2.74. The summed E-state index contributed by atoms with van der Waals surface area (Å²) < 4.78 is 0. The molecule has 2 heteroatoms. The van der Waals surface area contributed by atoms with Crippen LogP contribution < -0.4 is 4.90 Å². The molecule has 1 aromatic rings. The molecule has 0 atom stereocenters. The molecule has 0 N–H and O–H groups in total. The number of fused-ring (bicyclic) bond motifs is 1. The van der Waals surface area contributed by atoms with Crippen LogP contribution in [0, 0.1) is 5.41 Å². The van der Waals surface area contributed by atoms with E-state index in [9.17, 15) is 0 Å². The number of alkyl halides is 1. The molecule has 1 aliphatic heterocycles. The predicted octanol–water partition coefficient (Wildman–Crippen LogP) is 4.64. The summed E-state index contributed by atoms with van der Waals surface area (Å²) in [6, 6.07) is 8.92. The quantitative estimate of drug-likeness (QED) is 0.716.